The fourth-order valence-corrected chi connectivity index (χ4v) is 2.03. The van der Waals surface area contributed by atoms with Gasteiger partial charge in [0.25, 0.3) is 0 Å². The highest BCUT2D eigenvalue weighted by Gasteiger charge is 2.21. The van der Waals surface area contributed by atoms with Gasteiger partial charge in [-0.25, -0.2) is 14.2 Å². The summed E-state index contributed by atoms with van der Waals surface area (Å²) in [6.07, 6.45) is 0.598. The Hall–Kier alpha value is -2.17. The molecule has 0 amide bonds. The summed E-state index contributed by atoms with van der Waals surface area (Å²) in [5.41, 5.74) is 1.40. The van der Waals surface area contributed by atoms with Crippen LogP contribution in [0.15, 0.2) is 18.2 Å². The van der Waals surface area contributed by atoms with E-state index in [-0.39, 0.29) is 5.56 Å². The average molecular weight is 263 g/mol. The molecule has 1 aromatic carbocycles. The smallest absolute Gasteiger partial charge is 0.342 e. The van der Waals surface area contributed by atoms with Crippen molar-refractivity contribution in [2.45, 2.75) is 13.3 Å². The number of esters is 1. The van der Waals surface area contributed by atoms with E-state index in [0.29, 0.717) is 28.8 Å². The van der Waals surface area contributed by atoms with Gasteiger partial charge in [-0.05, 0) is 24.6 Å². The third-order valence-corrected chi connectivity index (χ3v) is 2.90. The van der Waals surface area contributed by atoms with E-state index < -0.39 is 11.8 Å². The lowest BCUT2D eigenvalue weighted by atomic mass is 10.0. The van der Waals surface area contributed by atoms with Crippen LogP contribution < -0.4 is 4.74 Å². The molecule has 1 aromatic heterocycles. The van der Waals surface area contributed by atoms with Crippen LogP contribution in [0.5, 0.6) is 5.75 Å². The minimum absolute atomic E-state index is 0.214. The number of carbonyl (C=O) groups excluding carboxylic acids is 1. The van der Waals surface area contributed by atoms with Gasteiger partial charge in [-0.1, -0.05) is 6.92 Å². The molecule has 4 nitrogen and oxygen atoms in total. The summed E-state index contributed by atoms with van der Waals surface area (Å²) >= 11 is 0. The van der Waals surface area contributed by atoms with Gasteiger partial charge in [0.2, 0.25) is 0 Å². The Morgan fingerprint density at radius 2 is 2.11 bits per heavy atom. The molecule has 0 aliphatic heterocycles. The number of hydrogen-bond donors (Lipinski definition) is 0. The van der Waals surface area contributed by atoms with E-state index in [1.54, 1.807) is 0 Å². The van der Waals surface area contributed by atoms with Gasteiger partial charge in [0, 0.05) is 5.39 Å². The van der Waals surface area contributed by atoms with Crippen molar-refractivity contribution in [1.29, 1.82) is 0 Å². The van der Waals surface area contributed by atoms with Crippen molar-refractivity contribution in [1.82, 2.24) is 4.98 Å². The quantitative estimate of drug-likeness (QED) is 0.799. The number of benzene rings is 1. The Morgan fingerprint density at radius 1 is 1.37 bits per heavy atom. The van der Waals surface area contributed by atoms with E-state index in [2.05, 4.69) is 4.98 Å². The summed E-state index contributed by atoms with van der Waals surface area (Å²) in [4.78, 5) is 16.3. The van der Waals surface area contributed by atoms with Crippen molar-refractivity contribution in [2.24, 2.45) is 0 Å². The van der Waals surface area contributed by atoms with Gasteiger partial charge >= 0.3 is 5.97 Å². The van der Waals surface area contributed by atoms with Crippen LogP contribution in [0.1, 0.15) is 23.0 Å². The molecule has 0 aliphatic rings. The number of pyridine rings is 1. The number of hydrogen-bond acceptors (Lipinski definition) is 4. The van der Waals surface area contributed by atoms with Crippen molar-refractivity contribution in [2.75, 3.05) is 14.2 Å². The first-order valence-electron chi connectivity index (χ1n) is 5.86. The molecule has 1 heterocycles. The zero-order chi connectivity index (χ0) is 14.0. The normalized spacial score (nSPS) is 10.5. The van der Waals surface area contributed by atoms with Crippen molar-refractivity contribution in [3.8, 4) is 5.75 Å². The maximum atomic E-state index is 13.4. The number of nitrogens with zero attached hydrogens (tertiary/aromatic N) is 1. The van der Waals surface area contributed by atoms with Crippen LogP contribution in [0.25, 0.3) is 10.9 Å². The van der Waals surface area contributed by atoms with Crippen molar-refractivity contribution in [3.63, 3.8) is 0 Å². The lowest BCUT2D eigenvalue weighted by Gasteiger charge is -2.13. The number of carbonyl (C=O) groups is 1. The highest BCUT2D eigenvalue weighted by atomic mass is 19.1. The first-order valence-corrected chi connectivity index (χ1v) is 5.86. The number of fused-ring (bicyclic) bond motifs is 1. The Kier molecular flexibility index (Phi) is 3.64. The van der Waals surface area contributed by atoms with Crippen LogP contribution in [0.2, 0.25) is 0 Å². The topological polar surface area (TPSA) is 48.4 Å². The lowest BCUT2D eigenvalue weighted by Crippen LogP contribution is -2.09. The SMILES string of the molecule is CCc1nc2ccc(F)cc2c(C(=O)OC)c1OC. The maximum Gasteiger partial charge on any atom is 0.342 e. The van der Waals surface area contributed by atoms with Gasteiger partial charge in [0.05, 0.1) is 25.4 Å². The Balaban J connectivity index is 2.90. The molecule has 0 N–H and O–H groups in total. The highest BCUT2D eigenvalue weighted by molar-refractivity contribution is 6.06. The molecular weight excluding hydrogens is 249 g/mol. The molecule has 0 bridgehead atoms. The molecule has 0 atom stereocenters. The molecule has 0 aliphatic carbocycles. The van der Waals surface area contributed by atoms with E-state index in [0.717, 1.165) is 0 Å². The molecule has 0 fully saturated rings. The zero-order valence-corrected chi connectivity index (χ0v) is 11.0. The minimum atomic E-state index is -0.565. The second kappa shape index (κ2) is 5.22. The molecule has 2 rings (SSSR count). The van der Waals surface area contributed by atoms with E-state index in [1.165, 1.54) is 32.4 Å². The second-order valence-corrected chi connectivity index (χ2v) is 3.97. The third-order valence-electron chi connectivity index (χ3n) is 2.90. The van der Waals surface area contributed by atoms with Crippen LogP contribution >= 0.6 is 0 Å². The maximum absolute atomic E-state index is 13.4. The highest BCUT2D eigenvalue weighted by Crippen LogP contribution is 2.31. The molecular formula is C14H14FNO3. The Labute approximate surface area is 110 Å². The van der Waals surface area contributed by atoms with Gasteiger partial charge < -0.3 is 9.47 Å². The molecule has 0 saturated heterocycles. The van der Waals surface area contributed by atoms with Crippen LogP contribution in [0.3, 0.4) is 0 Å². The van der Waals surface area contributed by atoms with E-state index in [1.807, 2.05) is 6.92 Å². The summed E-state index contributed by atoms with van der Waals surface area (Å²) in [6, 6.07) is 4.11. The molecule has 100 valence electrons. The third kappa shape index (κ3) is 2.23. The van der Waals surface area contributed by atoms with E-state index >= 15 is 0 Å². The van der Waals surface area contributed by atoms with Crippen molar-refractivity contribution in [3.05, 3.63) is 35.3 Å². The largest absolute Gasteiger partial charge is 0.494 e. The minimum Gasteiger partial charge on any atom is -0.494 e. The van der Waals surface area contributed by atoms with Crippen LogP contribution in [0.4, 0.5) is 4.39 Å². The second-order valence-electron chi connectivity index (χ2n) is 3.97. The zero-order valence-electron chi connectivity index (χ0n) is 11.0. The summed E-state index contributed by atoms with van der Waals surface area (Å²) in [7, 11) is 2.73. The number of ether oxygens (including phenoxy) is 2. The summed E-state index contributed by atoms with van der Waals surface area (Å²) in [6.45, 7) is 1.90. The monoisotopic (exact) mass is 263 g/mol. The standard InChI is InChI=1S/C14H14FNO3/c1-4-10-13(18-2)12(14(17)19-3)9-7-8(15)5-6-11(9)16-10/h5-7H,4H2,1-3H3. The Bertz CT molecular complexity index is 640. The molecule has 19 heavy (non-hydrogen) atoms. The first-order chi connectivity index (χ1) is 9.12. The average Bonchev–Trinajstić information content (AvgIpc) is 2.44. The Morgan fingerprint density at radius 3 is 2.68 bits per heavy atom. The van der Waals surface area contributed by atoms with Gasteiger partial charge in [-0.2, -0.15) is 0 Å². The predicted octanol–water partition coefficient (Wildman–Crippen LogP) is 2.73. The molecule has 2 aromatic rings. The fourth-order valence-electron chi connectivity index (χ4n) is 2.03. The molecule has 0 radical (unpaired) electrons. The molecule has 0 spiro atoms. The molecule has 5 heteroatoms. The van der Waals surface area contributed by atoms with E-state index in [9.17, 15) is 9.18 Å². The van der Waals surface area contributed by atoms with Gasteiger partial charge in [0.15, 0.2) is 5.75 Å². The molecule has 0 saturated carbocycles. The number of halogens is 1. The number of rotatable bonds is 3. The van der Waals surface area contributed by atoms with Crippen molar-refractivity contribution >= 4 is 16.9 Å². The van der Waals surface area contributed by atoms with Gasteiger partial charge in [0.1, 0.15) is 11.4 Å². The molecule has 0 unspecified atom stereocenters. The lowest BCUT2D eigenvalue weighted by molar-refractivity contribution is 0.0599. The van der Waals surface area contributed by atoms with Gasteiger partial charge in [-0.15, -0.1) is 0 Å². The van der Waals surface area contributed by atoms with Crippen LogP contribution in [0, 0.1) is 5.82 Å². The van der Waals surface area contributed by atoms with Gasteiger partial charge in [-0.3, -0.25) is 0 Å². The number of aromatic nitrogens is 1. The summed E-state index contributed by atoms with van der Waals surface area (Å²) in [5, 5.41) is 0.390. The number of aryl methyl sites for hydroxylation is 1. The van der Waals surface area contributed by atoms with Crippen LogP contribution in [-0.4, -0.2) is 25.2 Å². The van der Waals surface area contributed by atoms with E-state index in [4.69, 9.17) is 9.47 Å². The number of methoxy groups -OCH3 is 2. The predicted molar refractivity (Wildman–Crippen MR) is 69.0 cm³/mol. The fraction of sp³-hybridized carbons (Fsp3) is 0.286. The van der Waals surface area contributed by atoms with Crippen LogP contribution in [-0.2, 0) is 11.2 Å². The first kappa shape index (κ1) is 13.3. The summed E-state index contributed by atoms with van der Waals surface area (Å²) in [5.74, 6) is -0.664. The summed E-state index contributed by atoms with van der Waals surface area (Å²) < 4.78 is 23.4. The van der Waals surface area contributed by atoms with Crippen molar-refractivity contribution < 1.29 is 18.7 Å².